The van der Waals surface area contributed by atoms with E-state index >= 15 is 0 Å². The lowest BCUT2D eigenvalue weighted by Gasteiger charge is -2.07. The summed E-state index contributed by atoms with van der Waals surface area (Å²) in [5, 5.41) is 13.6. The molecular formula is C13H24N2O4. The Morgan fingerprint density at radius 1 is 1.05 bits per heavy atom. The van der Waals surface area contributed by atoms with Crippen LogP contribution in [-0.2, 0) is 27.4 Å². The van der Waals surface area contributed by atoms with Crippen molar-refractivity contribution >= 4 is 0 Å². The van der Waals surface area contributed by atoms with Gasteiger partial charge in [0.1, 0.15) is 0 Å². The van der Waals surface area contributed by atoms with Crippen molar-refractivity contribution in [2.45, 2.75) is 27.0 Å². The molecule has 0 aliphatic carbocycles. The van der Waals surface area contributed by atoms with Gasteiger partial charge in [-0.15, -0.1) is 0 Å². The number of aromatic nitrogens is 2. The highest BCUT2D eigenvalue weighted by molar-refractivity contribution is 5.23. The van der Waals surface area contributed by atoms with Crippen LogP contribution in [0.4, 0.5) is 0 Å². The van der Waals surface area contributed by atoms with Crippen molar-refractivity contribution in [3.8, 4) is 0 Å². The van der Waals surface area contributed by atoms with E-state index in [0.29, 0.717) is 39.6 Å². The van der Waals surface area contributed by atoms with Crippen LogP contribution in [0.5, 0.6) is 0 Å². The van der Waals surface area contributed by atoms with Crippen molar-refractivity contribution in [3.63, 3.8) is 0 Å². The molecule has 0 aliphatic rings. The van der Waals surface area contributed by atoms with Crippen LogP contribution in [0.25, 0.3) is 0 Å². The molecule has 6 heteroatoms. The summed E-state index contributed by atoms with van der Waals surface area (Å²) in [6.07, 6.45) is 0. The van der Waals surface area contributed by atoms with Crippen molar-refractivity contribution in [3.05, 3.63) is 17.0 Å². The average Bonchev–Trinajstić information content (AvgIpc) is 2.67. The summed E-state index contributed by atoms with van der Waals surface area (Å²) in [5.74, 6) is 0. The van der Waals surface area contributed by atoms with E-state index in [1.54, 1.807) is 7.11 Å². The van der Waals surface area contributed by atoms with Crippen LogP contribution in [0.15, 0.2) is 0 Å². The summed E-state index contributed by atoms with van der Waals surface area (Å²) in [4.78, 5) is 0. The van der Waals surface area contributed by atoms with Gasteiger partial charge in [0.15, 0.2) is 0 Å². The average molecular weight is 272 g/mol. The number of methoxy groups -OCH3 is 1. The van der Waals surface area contributed by atoms with E-state index in [-0.39, 0.29) is 6.61 Å². The van der Waals surface area contributed by atoms with Crippen molar-refractivity contribution in [1.82, 2.24) is 9.78 Å². The predicted octanol–water partition coefficient (Wildman–Crippen LogP) is 0.672. The number of aliphatic hydroxyl groups is 1. The maximum Gasteiger partial charge on any atom is 0.0718 e. The van der Waals surface area contributed by atoms with Crippen molar-refractivity contribution in [2.75, 3.05) is 40.1 Å². The number of rotatable bonds is 10. The Hall–Kier alpha value is -0.950. The van der Waals surface area contributed by atoms with Crippen LogP contribution in [-0.4, -0.2) is 55.0 Å². The second-order valence-corrected chi connectivity index (χ2v) is 4.25. The molecule has 1 heterocycles. The monoisotopic (exact) mass is 272 g/mol. The number of ether oxygens (including phenoxy) is 3. The highest BCUT2D eigenvalue weighted by Crippen LogP contribution is 2.12. The van der Waals surface area contributed by atoms with Crippen LogP contribution in [0, 0.1) is 13.8 Å². The molecule has 19 heavy (non-hydrogen) atoms. The van der Waals surface area contributed by atoms with Crippen LogP contribution >= 0.6 is 0 Å². The minimum Gasteiger partial charge on any atom is -0.392 e. The molecule has 0 atom stereocenters. The van der Waals surface area contributed by atoms with Gasteiger partial charge in [0.05, 0.1) is 51.9 Å². The Balaban J connectivity index is 2.16. The van der Waals surface area contributed by atoms with Crippen LogP contribution in [0.1, 0.15) is 17.0 Å². The summed E-state index contributed by atoms with van der Waals surface area (Å²) in [6.45, 7) is 7.50. The van der Waals surface area contributed by atoms with Gasteiger partial charge in [0.25, 0.3) is 0 Å². The van der Waals surface area contributed by atoms with Crippen molar-refractivity contribution < 1.29 is 19.3 Å². The van der Waals surface area contributed by atoms with E-state index < -0.39 is 0 Å². The Morgan fingerprint density at radius 3 is 2.26 bits per heavy atom. The summed E-state index contributed by atoms with van der Waals surface area (Å²) in [6, 6.07) is 0. The number of aliphatic hydroxyl groups excluding tert-OH is 1. The van der Waals surface area contributed by atoms with E-state index in [4.69, 9.17) is 14.2 Å². The highest BCUT2D eigenvalue weighted by atomic mass is 16.5. The van der Waals surface area contributed by atoms with Gasteiger partial charge >= 0.3 is 0 Å². The van der Waals surface area contributed by atoms with E-state index in [1.165, 1.54) is 0 Å². The SMILES string of the molecule is COCCOCCOCCn1nc(C)c(CO)c1C. The zero-order valence-electron chi connectivity index (χ0n) is 12.0. The Labute approximate surface area is 114 Å². The Kier molecular flexibility index (Phi) is 7.66. The van der Waals surface area contributed by atoms with Gasteiger partial charge in [-0.1, -0.05) is 0 Å². The first-order valence-corrected chi connectivity index (χ1v) is 6.48. The van der Waals surface area contributed by atoms with Crippen molar-refractivity contribution in [2.24, 2.45) is 0 Å². The third-order valence-electron chi connectivity index (χ3n) is 2.94. The molecule has 0 amide bonds. The molecular weight excluding hydrogens is 248 g/mol. The van der Waals surface area contributed by atoms with Gasteiger partial charge in [0, 0.05) is 18.4 Å². The maximum absolute atomic E-state index is 9.21. The molecule has 1 rings (SSSR count). The molecule has 0 bridgehead atoms. The molecule has 0 unspecified atom stereocenters. The normalized spacial score (nSPS) is 11.2. The first kappa shape index (κ1) is 16.1. The third kappa shape index (κ3) is 5.28. The molecule has 0 spiro atoms. The minimum atomic E-state index is 0.0336. The van der Waals surface area contributed by atoms with Crippen molar-refractivity contribution in [1.29, 1.82) is 0 Å². The quantitative estimate of drug-likeness (QED) is 0.634. The second-order valence-electron chi connectivity index (χ2n) is 4.25. The molecule has 6 nitrogen and oxygen atoms in total. The lowest BCUT2D eigenvalue weighted by molar-refractivity contribution is 0.0224. The van der Waals surface area contributed by atoms with E-state index in [0.717, 1.165) is 17.0 Å². The van der Waals surface area contributed by atoms with Gasteiger partial charge in [-0.3, -0.25) is 4.68 Å². The van der Waals surface area contributed by atoms with Crippen LogP contribution in [0.3, 0.4) is 0 Å². The topological polar surface area (TPSA) is 65.7 Å². The van der Waals surface area contributed by atoms with Crippen LogP contribution < -0.4 is 0 Å². The number of hydrogen-bond donors (Lipinski definition) is 1. The second kappa shape index (κ2) is 9.03. The zero-order chi connectivity index (χ0) is 14.1. The summed E-state index contributed by atoms with van der Waals surface area (Å²) < 4.78 is 17.5. The van der Waals surface area contributed by atoms with E-state index in [9.17, 15) is 5.11 Å². The van der Waals surface area contributed by atoms with Gasteiger partial charge in [0.2, 0.25) is 0 Å². The minimum absolute atomic E-state index is 0.0336. The molecule has 0 saturated carbocycles. The lowest BCUT2D eigenvalue weighted by Crippen LogP contribution is -2.13. The first-order valence-electron chi connectivity index (χ1n) is 6.48. The number of aryl methyl sites for hydroxylation is 1. The summed E-state index contributed by atoms with van der Waals surface area (Å²) >= 11 is 0. The molecule has 0 aromatic carbocycles. The maximum atomic E-state index is 9.21. The van der Waals surface area contributed by atoms with E-state index in [2.05, 4.69) is 5.10 Å². The predicted molar refractivity (Wildman–Crippen MR) is 71.1 cm³/mol. The largest absolute Gasteiger partial charge is 0.392 e. The zero-order valence-corrected chi connectivity index (χ0v) is 12.0. The molecule has 0 fully saturated rings. The lowest BCUT2D eigenvalue weighted by atomic mass is 10.2. The van der Waals surface area contributed by atoms with Crippen LogP contribution in [0.2, 0.25) is 0 Å². The first-order chi connectivity index (χ1) is 9.20. The van der Waals surface area contributed by atoms with Gasteiger partial charge in [-0.25, -0.2) is 0 Å². The molecule has 0 saturated heterocycles. The summed E-state index contributed by atoms with van der Waals surface area (Å²) in [5.41, 5.74) is 2.78. The fourth-order valence-electron chi connectivity index (χ4n) is 1.80. The third-order valence-corrected chi connectivity index (χ3v) is 2.94. The molecule has 1 aromatic heterocycles. The fraction of sp³-hybridized carbons (Fsp3) is 0.769. The smallest absolute Gasteiger partial charge is 0.0718 e. The number of nitrogens with zero attached hydrogens (tertiary/aromatic N) is 2. The molecule has 0 aliphatic heterocycles. The Bertz CT molecular complexity index is 366. The van der Waals surface area contributed by atoms with Gasteiger partial charge in [-0.2, -0.15) is 5.10 Å². The Morgan fingerprint density at radius 2 is 1.68 bits per heavy atom. The number of hydrogen-bond acceptors (Lipinski definition) is 5. The highest BCUT2D eigenvalue weighted by Gasteiger charge is 2.09. The molecule has 110 valence electrons. The molecule has 1 aromatic rings. The van der Waals surface area contributed by atoms with Gasteiger partial charge in [-0.05, 0) is 13.8 Å². The molecule has 1 N–H and O–H groups in total. The van der Waals surface area contributed by atoms with Gasteiger partial charge < -0.3 is 19.3 Å². The van der Waals surface area contributed by atoms with E-state index in [1.807, 2.05) is 18.5 Å². The molecule has 0 radical (unpaired) electrons. The standard InChI is InChI=1S/C13H24N2O4/c1-11-13(10-16)12(2)15(14-11)4-5-18-8-9-19-7-6-17-3/h16H,4-10H2,1-3H3. The fourth-order valence-corrected chi connectivity index (χ4v) is 1.80. The summed E-state index contributed by atoms with van der Waals surface area (Å²) in [7, 11) is 1.65.